The van der Waals surface area contributed by atoms with Crippen LogP contribution in [0.3, 0.4) is 0 Å². The zero-order valence-electron chi connectivity index (χ0n) is 13.3. The van der Waals surface area contributed by atoms with Crippen LogP contribution < -0.4 is 5.32 Å². The maximum atomic E-state index is 3.75. The zero-order chi connectivity index (χ0) is 14.8. The highest BCUT2D eigenvalue weighted by atomic mass is 32.1. The maximum Gasteiger partial charge on any atom is 0.0391 e. The van der Waals surface area contributed by atoms with Crippen LogP contribution in [-0.4, -0.2) is 0 Å². The predicted octanol–water partition coefficient (Wildman–Crippen LogP) is 5.35. The second-order valence-electron chi connectivity index (χ2n) is 6.33. The van der Waals surface area contributed by atoms with E-state index in [0.29, 0.717) is 12.1 Å². The number of thiophene rings is 1. The lowest BCUT2D eigenvalue weighted by atomic mass is 9.99. The SMILES string of the molecule is Cc1ccc([C@H](C)NC(C)c2cc3c(s2)CCCC3)cc1. The minimum atomic E-state index is 0.389. The van der Waals surface area contributed by atoms with E-state index < -0.39 is 0 Å². The van der Waals surface area contributed by atoms with E-state index in [1.807, 2.05) is 11.3 Å². The van der Waals surface area contributed by atoms with Gasteiger partial charge in [0.05, 0.1) is 0 Å². The largest absolute Gasteiger partial charge is 0.303 e. The summed E-state index contributed by atoms with van der Waals surface area (Å²) in [4.78, 5) is 3.13. The van der Waals surface area contributed by atoms with E-state index in [9.17, 15) is 0 Å². The fourth-order valence-electron chi connectivity index (χ4n) is 3.14. The molecule has 0 aliphatic heterocycles. The first-order chi connectivity index (χ1) is 10.1. The van der Waals surface area contributed by atoms with Gasteiger partial charge in [-0.05, 0) is 63.6 Å². The van der Waals surface area contributed by atoms with Crippen molar-refractivity contribution in [3.63, 3.8) is 0 Å². The molecule has 0 spiro atoms. The van der Waals surface area contributed by atoms with Crippen molar-refractivity contribution in [2.45, 2.75) is 58.5 Å². The Labute approximate surface area is 132 Å². The summed E-state index contributed by atoms with van der Waals surface area (Å²) < 4.78 is 0. The van der Waals surface area contributed by atoms with Gasteiger partial charge < -0.3 is 5.32 Å². The molecule has 112 valence electrons. The standard InChI is InChI=1S/C19H25NS/c1-13-8-10-16(11-9-13)14(2)20-15(3)19-12-17-6-4-5-7-18(17)21-19/h8-12,14-15,20H,4-7H2,1-3H3/t14-,15?/m0/s1. The summed E-state index contributed by atoms with van der Waals surface area (Å²) in [6.45, 7) is 6.69. The average molecular weight is 299 g/mol. The summed E-state index contributed by atoms with van der Waals surface area (Å²) in [6.07, 6.45) is 5.31. The molecular weight excluding hydrogens is 274 g/mol. The first-order valence-corrected chi connectivity index (χ1v) is 8.89. The van der Waals surface area contributed by atoms with Crippen LogP contribution in [0.15, 0.2) is 30.3 Å². The van der Waals surface area contributed by atoms with Gasteiger partial charge in [0.1, 0.15) is 0 Å². The van der Waals surface area contributed by atoms with Crippen molar-refractivity contribution in [1.82, 2.24) is 5.32 Å². The third kappa shape index (κ3) is 3.38. The molecular formula is C19H25NS. The molecule has 2 heteroatoms. The molecule has 0 bridgehead atoms. The lowest BCUT2D eigenvalue weighted by Crippen LogP contribution is -2.21. The molecule has 1 aromatic carbocycles. The van der Waals surface area contributed by atoms with Crippen LogP contribution in [-0.2, 0) is 12.8 Å². The second-order valence-corrected chi connectivity index (χ2v) is 7.49. The molecule has 1 heterocycles. The number of hydrogen-bond acceptors (Lipinski definition) is 2. The fourth-order valence-corrected chi connectivity index (χ4v) is 4.40. The van der Waals surface area contributed by atoms with Gasteiger partial charge in [0.15, 0.2) is 0 Å². The van der Waals surface area contributed by atoms with Crippen LogP contribution in [0, 0.1) is 6.92 Å². The summed E-state index contributed by atoms with van der Waals surface area (Å²) in [6, 6.07) is 12.1. The van der Waals surface area contributed by atoms with E-state index in [-0.39, 0.29) is 0 Å². The Hall–Kier alpha value is -1.12. The molecule has 1 unspecified atom stereocenters. The molecule has 1 nitrogen and oxygen atoms in total. The third-order valence-corrected chi connectivity index (χ3v) is 5.94. The minimum absolute atomic E-state index is 0.389. The van der Waals surface area contributed by atoms with Gasteiger partial charge in [-0.1, -0.05) is 29.8 Å². The number of fused-ring (bicyclic) bond motifs is 1. The third-order valence-electron chi connectivity index (χ3n) is 4.52. The molecule has 0 fully saturated rings. The van der Waals surface area contributed by atoms with Crippen molar-refractivity contribution >= 4 is 11.3 Å². The highest BCUT2D eigenvalue weighted by Gasteiger charge is 2.18. The lowest BCUT2D eigenvalue weighted by molar-refractivity contribution is 0.500. The van der Waals surface area contributed by atoms with E-state index in [1.54, 1.807) is 10.4 Å². The minimum Gasteiger partial charge on any atom is -0.303 e. The Morgan fingerprint density at radius 2 is 1.71 bits per heavy atom. The Balaban J connectivity index is 1.69. The quantitative estimate of drug-likeness (QED) is 0.802. The maximum absolute atomic E-state index is 3.75. The fraction of sp³-hybridized carbons (Fsp3) is 0.474. The lowest BCUT2D eigenvalue weighted by Gasteiger charge is -2.19. The van der Waals surface area contributed by atoms with Crippen LogP contribution in [0.25, 0.3) is 0 Å². The van der Waals surface area contributed by atoms with Crippen LogP contribution in [0.2, 0.25) is 0 Å². The Morgan fingerprint density at radius 3 is 2.43 bits per heavy atom. The van der Waals surface area contributed by atoms with Gasteiger partial charge in [-0.2, -0.15) is 0 Å². The van der Waals surface area contributed by atoms with E-state index >= 15 is 0 Å². The van der Waals surface area contributed by atoms with Crippen molar-refractivity contribution in [2.75, 3.05) is 0 Å². The molecule has 3 rings (SSSR count). The van der Waals surface area contributed by atoms with E-state index in [1.165, 1.54) is 41.7 Å². The van der Waals surface area contributed by atoms with Crippen LogP contribution in [0.1, 0.15) is 65.2 Å². The Kier molecular flexibility index (Phi) is 4.46. The summed E-state index contributed by atoms with van der Waals surface area (Å²) in [7, 11) is 0. The summed E-state index contributed by atoms with van der Waals surface area (Å²) in [5.74, 6) is 0. The summed E-state index contributed by atoms with van der Waals surface area (Å²) in [5, 5.41) is 3.75. The van der Waals surface area contributed by atoms with Crippen molar-refractivity contribution < 1.29 is 0 Å². The molecule has 1 N–H and O–H groups in total. The van der Waals surface area contributed by atoms with Crippen LogP contribution in [0.4, 0.5) is 0 Å². The van der Waals surface area contributed by atoms with Crippen molar-refractivity contribution in [1.29, 1.82) is 0 Å². The topological polar surface area (TPSA) is 12.0 Å². The molecule has 1 aliphatic carbocycles. The van der Waals surface area contributed by atoms with E-state index in [4.69, 9.17) is 0 Å². The normalized spacial score (nSPS) is 17.3. The highest BCUT2D eigenvalue weighted by molar-refractivity contribution is 7.12. The number of hydrogen-bond donors (Lipinski definition) is 1. The summed E-state index contributed by atoms with van der Waals surface area (Å²) in [5.41, 5.74) is 4.30. The van der Waals surface area contributed by atoms with Crippen molar-refractivity contribution in [3.05, 3.63) is 56.8 Å². The number of benzene rings is 1. The molecule has 0 amide bonds. The Morgan fingerprint density at radius 1 is 1.00 bits per heavy atom. The van der Waals surface area contributed by atoms with Gasteiger partial charge in [-0.3, -0.25) is 0 Å². The number of rotatable bonds is 4. The predicted molar refractivity (Wildman–Crippen MR) is 92.1 cm³/mol. The number of aryl methyl sites for hydroxylation is 3. The molecule has 1 aromatic heterocycles. The van der Waals surface area contributed by atoms with Crippen molar-refractivity contribution in [3.8, 4) is 0 Å². The van der Waals surface area contributed by atoms with Gasteiger partial charge in [0, 0.05) is 21.8 Å². The molecule has 2 aromatic rings. The van der Waals surface area contributed by atoms with Gasteiger partial charge in [-0.25, -0.2) is 0 Å². The van der Waals surface area contributed by atoms with Gasteiger partial charge >= 0.3 is 0 Å². The molecule has 0 radical (unpaired) electrons. The van der Waals surface area contributed by atoms with Gasteiger partial charge in [0.25, 0.3) is 0 Å². The Bertz CT molecular complexity index is 573. The van der Waals surface area contributed by atoms with Gasteiger partial charge in [0.2, 0.25) is 0 Å². The van der Waals surface area contributed by atoms with E-state index in [2.05, 4.69) is 56.4 Å². The van der Waals surface area contributed by atoms with Gasteiger partial charge in [-0.15, -0.1) is 11.3 Å². The zero-order valence-corrected chi connectivity index (χ0v) is 14.1. The molecule has 0 saturated heterocycles. The average Bonchev–Trinajstić information content (AvgIpc) is 2.92. The highest BCUT2D eigenvalue weighted by Crippen LogP contribution is 2.33. The second kappa shape index (κ2) is 6.33. The first kappa shape index (κ1) is 14.8. The molecule has 21 heavy (non-hydrogen) atoms. The molecule has 0 saturated carbocycles. The smallest absolute Gasteiger partial charge is 0.0391 e. The first-order valence-electron chi connectivity index (χ1n) is 8.07. The molecule has 2 atom stereocenters. The molecule has 1 aliphatic rings. The van der Waals surface area contributed by atoms with E-state index in [0.717, 1.165) is 0 Å². The monoisotopic (exact) mass is 299 g/mol. The van der Waals surface area contributed by atoms with Crippen molar-refractivity contribution in [2.24, 2.45) is 0 Å². The van der Waals surface area contributed by atoms with Crippen LogP contribution in [0.5, 0.6) is 0 Å². The number of nitrogens with one attached hydrogen (secondary N) is 1. The van der Waals surface area contributed by atoms with Crippen LogP contribution >= 0.6 is 11.3 Å². The summed E-state index contributed by atoms with van der Waals surface area (Å²) >= 11 is 2.02.